The van der Waals surface area contributed by atoms with Crippen molar-refractivity contribution in [1.29, 1.82) is 5.26 Å². The lowest BCUT2D eigenvalue weighted by Gasteiger charge is -2.05. The Kier molecular flexibility index (Phi) is 3.32. The molecule has 0 saturated carbocycles. The zero-order valence-corrected chi connectivity index (χ0v) is 11.6. The molecule has 0 atom stereocenters. The second-order valence-electron chi connectivity index (χ2n) is 4.25. The summed E-state index contributed by atoms with van der Waals surface area (Å²) in [6.45, 7) is 1.88. The Morgan fingerprint density at radius 2 is 2.00 bits per heavy atom. The smallest absolute Gasteiger partial charge is 0.117 e. The van der Waals surface area contributed by atoms with Crippen molar-refractivity contribution in [3.05, 3.63) is 54.0 Å². The molecule has 0 fully saturated rings. The van der Waals surface area contributed by atoms with Crippen molar-refractivity contribution in [2.24, 2.45) is 0 Å². The molecular formula is C15H10N4S. The molecule has 3 rings (SSSR count). The highest BCUT2D eigenvalue weighted by Crippen LogP contribution is 2.30. The van der Waals surface area contributed by atoms with Gasteiger partial charge in [-0.2, -0.15) is 5.26 Å². The lowest BCUT2D eigenvalue weighted by molar-refractivity contribution is 1.04. The molecule has 96 valence electrons. The van der Waals surface area contributed by atoms with E-state index in [1.165, 1.54) is 11.8 Å². The van der Waals surface area contributed by atoms with Gasteiger partial charge in [0.1, 0.15) is 16.4 Å². The number of para-hydroxylation sites is 1. The third kappa shape index (κ3) is 2.46. The van der Waals surface area contributed by atoms with E-state index in [0.717, 1.165) is 26.6 Å². The van der Waals surface area contributed by atoms with E-state index >= 15 is 0 Å². The predicted molar refractivity (Wildman–Crippen MR) is 77.4 cm³/mol. The Balaban J connectivity index is 2.06. The van der Waals surface area contributed by atoms with Gasteiger partial charge in [0.05, 0.1) is 17.1 Å². The Hall–Kier alpha value is -2.45. The molecule has 0 bridgehead atoms. The van der Waals surface area contributed by atoms with Crippen LogP contribution in [0, 0.1) is 18.3 Å². The molecule has 4 nitrogen and oxygen atoms in total. The maximum atomic E-state index is 9.01. The van der Waals surface area contributed by atoms with Crippen molar-refractivity contribution < 1.29 is 0 Å². The van der Waals surface area contributed by atoms with Crippen LogP contribution in [-0.4, -0.2) is 15.0 Å². The van der Waals surface area contributed by atoms with Crippen LogP contribution in [0.15, 0.2) is 52.8 Å². The number of benzene rings is 1. The van der Waals surface area contributed by atoms with Crippen LogP contribution >= 0.6 is 11.8 Å². The highest BCUT2D eigenvalue weighted by molar-refractivity contribution is 7.99. The first-order valence-corrected chi connectivity index (χ1v) is 6.84. The fourth-order valence-electron chi connectivity index (χ4n) is 1.92. The van der Waals surface area contributed by atoms with Gasteiger partial charge in [0, 0.05) is 11.1 Å². The number of aryl methyl sites for hydroxylation is 1. The van der Waals surface area contributed by atoms with Crippen molar-refractivity contribution in [1.82, 2.24) is 15.0 Å². The zero-order chi connectivity index (χ0) is 13.9. The minimum atomic E-state index is 0.610. The van der Waals surface area contributed by atoms with E-state index in [-0.39, 0.29) is 0 Å². The first kappa shape index (κ1) is 12.6. The number of pyridine rings is 1. The zero-order valence-electron chi connectivity index (χ0n) is 10.7. The average Bonchev–Trinajstić information content (AvgIpc) is 2.47. The van der Waals surface area contributed by atoms with E-state index in [0.29, 0.717) is 5.56 Å². The molecule has 0 N–H and O–H groups in total. The highest BCUT2D eigenvalue weighted by Gasteiger charge is 2.07. The average molecular weight is 278 g/mol. The minimum Gasteiger partial charge on any atom is -0.246 e. The molecule has 1 aromatic carbocycles. The van der Waals surface area contributed by atoms with Gasteiger partial charge >= 0.3 is 0 Å². The van der Waals surface area contributed by atoms with Crippen LogP contribution in [0.3, 0.4) is 0 Å². The van der Waals surface area contributed by atoms with Crippen LogP contribution in [0.25, 0.3) is 10.9 Å². The molecule has 0 unspecified atom stereocenters. The Morgan fingerprint density at radius 1 is 1.15 bits per heavy atom. The van der Waals surface area contributed by atoms with Crippen molar-refractivity contribution in [3.63, 3.8) is 0 Å². The number of hydrogen-bond donors (Lipinski definition) is 0. The van der Waals surface area contributed by atoms with Crippen LogP contribution in [0.1, 0.15) is 11.3 Å². The van der Waals surface area contributed by atoms with Gasteiger partial charge in [-0.25, -0.2) is 15.0 Å². The summed E-state index contributed by atoms with van der Waals surface area (Å²) in [4.78, 5) is 13.0. The summed E-state index contributed by atoms with van der Waals surface area (Å²) in [5, 5.41) is 11.6. The number of nitriles is 1. The summed E-state index contributed by atoms with van der Waals surface area (Å²) in [6, 6.07) is 13.5. The number of fused-ring (bicyclic) bond motifs is 1. The maximum absolute atomic E-state index is 9.01. The summed E-state index contributed by atoms with van der Waals surface area (Å²) in [6.07, 6.45) is 1.55. The van der Waals surface area contributed by atoms with Gasteiger partial charge in [0.15, 0.2) is 0 Å². The fraction of sp³-hybridized carbons (Fsp3) is 0.0667. The van der Waals surface area contributed by atoms with Crippen LogP contribution in [-0.2, 0) is 0 Å². The van der Waals surface area contributed by atoms with Crippen LogP contribution in [0.4, 0.5) is 0 Å². The molecule has 0 aliphatic carbocycles. The quantitative estimate of drug-likeness (QED) is 0.673. The molecule has 2 heterocycles. The van der Waals surface area contributed by atoms with E-state index in [9.17, 15) is 0 Å². The summed E-state index contributed by atoms with van der Waals surface area (Å²) < 4.78 is 0. The number of rotatable bonds is 2. The highest BCUT2D eigenvalue weighted by atomic mass is 32.2. The Labute approximate surface area is 120 Å². The molecule has 0 spiro atoms. The normalized spacial score (nSPS) is 10.4. The standard InChI is InChI=1S/C15H10N4S/c1-10-6-11(8-16)7-14(19-10)20-15-12-4-2-3-5-13(12)17-9-18-15/h2-7,9H,1H3. The SMILES string of the molecule is Cc1cc(C#N)cc(Sc2ncnc3ccccc23)n1. The summed E-state index contributed by atoms with van der Waals surface area (Å²) in [5.41, 5.74) is 2.33. The van der Waals surface area contributed by atoms with E-state index in [1.54, 1.807) is 18.5 Å². The van der Waals surface area contributed by atoms with Gasteiger partial charge in [0.2, 0.25) is 0 Å². The largest absolute Gasteiger partial charge is 0.246 e. The second kappa shape index (κ2) is 5.27. The van der Waals surface area contributed by atoms with Gasteiger partial charge < -0.3 is 0 Å². The van der Waals surface area contributed by atoms with E-state index in [4.69, 9.17) is 5.26 Å². The molecule has 0 aliphatic heterocycles. The Bertz CT molecular complexity index is 818. The van der Waals surface area contributed by atoms with Crippen LogP contribution in [0.2, 0.25) is 0 Å². The molecule has 0 radical (unpaired) electrons. The molecule has 5 heteroatoms. The van der Waals surface area contributed by atoms with E-state index in [2.05, 4.69) is 21.0 Å². The molecule has 20 heavy (non-hydrogen) atoms. The van der Waals surface area contributed by atoms with Crippen molar-refractivity contribution in [3.8, 4) is 6.07 Å². The van der Waals surface area contributed by atoms with Crippen LogP contribution < -0.4 is 0 Å². The third-order valence-electron chi connectivity index (χ3n) is 2.77. The van der Waals surface area contributed by atoms with Gasteiger partial charge in [-0.05, 0) is 36.9 Å². The van der Waals surface area contributed by atoms with Gasteiger partial charge in [0.25, 0.3) is 0 Å². The second-order valence-corrected chi connectivity index (χ2v) is 5.25. The molecular weight excluding hydrogens is 268 g/mol. The number of nitrogens with zero attached hydrogens (tertiary/aromatic N) is 4. The van der Waals surface area contributed by atoms with Crippen LogP contribution in [0.5, 0.6) is 0 Å². The summed E-state index contributed by atoms with van der Waals surface area (Å²) >= 11 is 1.45. The molecule has 0 aliphatic rings. The number of hydrogen-bond acceptors (Lipinski definition) is 5. The lowest BCUT2D eigenvalue weighted by atomic mass is 10.2. The topological polar surface area (TPSA) is 62.5 Å². The molecule has 0 saturated heterocycles. The fourth-order valence-corrected chi connectivity index (χ4v) is 2.87. The summed E-state index contributed by atoms with van der Waals surface area (Å²) in [7, 11) is 0. The van der Waals surface area contributed by atoms with Crippen molar-refractivity contribution in [2.75, 3.05) is 0 Å². The van der Waals surface area contributed by atoms with E-state index in [1.807, 2.05) is 31.2 Å². The molecule has 2 aromatic heterocycles. The Morgan fingerprint density at radius 3 is 2.85 bits per heavy atom. The maximum Gasteiger partial charge on any atom is 0.117 e. The molecule has 0 amide bonds. The minimum absolute atomic E-state index is 0.610. The monoisotopic (exact) mass is 278 g/mol. The first-order chi connectivity index (χ1) is 9.76. The third-order valence-corrected chi connectivity index (χ3v) is 3.70. The van der Waals surface area contributed by atoms with Gasteiger partial charge in [-0.1, -0.05) is 18.2 Å². The lowest BCUT2D eigenvalue weighted by Crippen LogP contribution is -1.90. The summed E-state index contributed by atoms with van der Waals surface area (Å²) in [5.74, 6) is 0. The predicted octanol–water partition coefficient (Wildman–Crippen LogP) is 3.36. The van der Waals surface area contributed by atoms with Gasteiger partial charge in [-0.3, -0.25) is 0 Å². The van der Waals surface area contributed by atoms with E-state index < -0.39 is 0 Å². The molecule has 3 aromatic rings. The first-order valence-electron chi connectivity index (χ1n) is 6.02. The van der Waals surface area contributed by atoms with Gasteiger partial charge in [-0.15, -0.1) is 0 Å². The van der Waals surface area contributed by atoms with Crippen molar-refractivity contribution >= 4 is 22.7 Å². The number of aromatic nitrogens is 3. The van der Waals surface area contributed by atoms with Crippen molar-refractivity contribution in [2.45, 2.75) is 17.0 Å².